The summed E-state index contributed by atoms with van der Waals surface area (Å²) in [7, 11) is 3.36. The van der Waals surface area contributed by atoms with Crippen LogP contribution < -0.4 is 10.9 Å². The number of nitrogens with zero attached hydrogens (tertiary/aromatic N) is 2. The molecule has 2 aliphatic heterocycles. The van der Waals surface area contributed by atoms with Gasteiger partial charge >= 0.3 is 5.97 Å². The van der Waals surface area contributed by atoms with E-state index in [2.05, 4.69) is 12.2 Å². The Kier molecular flexibility index (Phi) is 12.4. The van der Waals surface area contributed by atoms with Crippen molar-refractivity contribution in [2.24, 2.45) is 11.3 Å². The first-order valence-electron chi connectivity index (χ1n) is 16.9. The molecule has 2 aliphatic rings. The highest BCUT2D eigenvalue weighted by atomic mass is 16.6. The monoisotopic (exact) mass is 623 g/mol. The van der Waals surface area contributed by atoms with E-state index in [1.165, 1.54) is 47.6 Å². The van der Waals surface area contributed by atoms with Gasteiger partial charge in [-0.1, -0.05) is 89.1 Å². The second-order valence-corrected chi connectivity index (χ2v) is 13.3. The minimum absolute atomic E-state index is 0.0298. The van der Waals surface area contributed by atoms with Gasteiger partial charge in [-0.05, 0) is 31.2 Å². The minimum atomic E-state index is -1.38. The number of hydrogen-bond acceptors (Lipinski definition) is 7. The number of nitrogens with one attached hydrogen (secondary N) is 1. The summed E-state index contributed by atoms with van der Waals surface area (Å²) in [6.07, 6.45) is 11.2. The van der Waals surface area contributed by atoms with Gasteiger partial charge in [0.15, 0.2) is 6.23 Å². The Balaban J connectivity index is 1.56. The van der Waals surface area contributed by atoms with Gasteiger partial charge in [-0.2, -0.15) is 0 Å². The van der Waals surface area contributed by atoms with Crippen LogP contribution in [0.3, 0.4) is 0 Å². The molecule has 0 radical (unpaired) electrons. The van der Waals surface area contributed by atoms with Crippen molar-refractivity contribution in [2.45, 2.75) is 103 Å². The fourth-order valence-corrected chi connectivity index (χ4v) is 6.96. The standard InChI is InChI=1S/C36H53N3O6/c1-5-6-7-8-9-10-12-15-27(2)33(42)45-34-35(19-22-44-23-20-35)36(43,18-21-37-34)26-39-25-30(32(41)38(3)4)29(24-31(39)40)28-16-13-11-14-17-28/h11,13-14,16-17,24-25,27,34,37,43H,5-10,12,15,18-23,26H2,1-4H3. The molecule has 2 fully saturated rings. The van der Waals surface area contributed by atoms with E-state index in [0.717, 1.165) is 24.8 Å². The molecule has 1 aromatic carbocycles. The highest BCUT2D eigenvalue weighted by Crippen LogP contribution is 2.49. The number of pyridine rings is 1. The summed E-state index contributed by atoms with van der Waals surface area (Å²) in [5.74, 6) is -0.749. The molecule has 9 heteroatoms. The number of hydrogen-bond donors (Lipinski definition) is 2. The van der Waals surface area contributed by atoms with Gasteiger partial charge in [-0.25, -0.2) is 0 Å². The zero-order valence-corrected chi connectivity index (χ0v) is 27.7. The molecule has 2 N–H and O–H groups in total. The SMILES string of the molecule is CCCCCCCCCC(C)C(=O)OC1NCCC(O)(Cn2cc(C(=O)N(C)C)c(-c3ccccc3)cc2=O)C12CCOCC2. The second-order valence-electron chi connectivity index (χ2n) is 13.3. The highest BCUT2D eigenvalue weighted by Gasteiger charge is 2.59. The first-order valence-corrected chi connectivity index (χ1v) is 16.9. The summed E-state index contributed by atoms with van der Waals surface area (Å²) >= 11 is 0. The maximum atomic E-state index is 13.6. The topological polar surface area (TPSA) is 110 Å². The molecular formula is C36H53N3O6. The number of unbranched alkanes of at least 4 members (excludes halogenated alkanes) is 6. The summed E-state index contributed by atoms with van der Waals surface area (Å²) in [4.78, 5) is 41.8. The fraction of sp³-hybridized carbons (Fsp3) is 0.639. The van der Waals surface area contributed by atoms with E-state index in [1.807, 2.05) is 37.3 Å². The van der Waals surface area contributed by atoms with E-state index >= 15 is 0 Å². The number of benzene rings is 1. The molecular weight excluding hydrogens is 570 g/mol. The van der Waals surface area contributed by atoms with Gasteiger partial charge in [-0.15, -0.1) is 0 Å². The molecule has 1 aromatic heterocycles. The van der Waals surface area contributed by atoms with Crippen molar-refractivity contribution < 1.29 is 24.2 Å². The molecule has 1 amide bonds. The van der Waals surface area contributed by atoms with Crippen LogP contribution in [0.4, 0.5) is 0 Å². The van der Waals surface area contributed by atoms with Crippen molar-refractivity contribution in [1.29, 1.82) is 0 Å². The molecule has 9 nitrogen and oxygen atoms in total. The molecule has 1 spiro atoms. The van der Waals surface area contributed by atoms with Crippen molar-refractivity contribution in [2.75, 3.05) is 33.9 Å². The average Bonchev–Trinajstić information content (AvgIpc) is 3.04. The van der Waals surface area contributed by atoms with E-state index in [1.54, 1.807) is 20.3 Å². The van der Waals surface area contributed by atoms with Crippen LogP contribution in [-0.4, -0.2) is 72.1 Å². The number of piperidine rings is 1. The lowest BCUT2D eigenvalue weighted by atomic mass is 9.62. The Morgan fingerprint density at radius 1 is 1.07 bits per heavy atom. The lowest BCUT2D eigenvalue weighted by molar-refractivity contribution is -0.230. The Labute approximate surface area is 268 Å². The summed E-state index contributed by atoms with van der Waals surface area (Å²) in [5.41, 5.74) is -0.852. The van der Waals surface area contributed by atoms with Gasteiger partial charge in [-0.3, -0.25) is 19.7 Å². The largest absolute Gasteiger partial charge is 0.446 e. The van der Waals surface area contributed by atoms with Crippen LogP contribution in [0.2, 0.25) is 0 Å². The van der Waals surface area contributed by atoms with Crippen molar-refractivity contribution in [1.82, 2.24) is 14.8 Å². The normalized spacial score (nSPS) is 21.8. The molecule has 2 saturated heterocycles. The quantitative estimate of drug-likeness (QED) is 0.215. The summed E-state index contributed by atoms with van der Waals surface area (Å²) in [6, 6.07) is 10.9. The Bertz CT molecular complexity index is 1320. The highest BCUT2D eigenvalue weighted by molar-refractivity contribution is 6.00. The second kappa shape index (κ2) is 16.0. The van der Waals surface area contributed by atoms with E-state index in [-0.39, 0.29) is 29.9 Å². The molecule has 3 unspecified atom stereocenters. The third kappa shape index (κ3) is 8.23. The van der Waals surface area contributed by atoms with E-state index < -0.39 is 17.2 Å². The number of aromatic nitrogens is 1. The summed E-state index contributed by atoms with van der Waals surface area (Å²) in [5, 5.41) is 15.9. The maximum Gasteiger partial charge on any atom is 0.310 e. The van der Waals surface area contributed by atoms with Crippen molar-refractivity contribution in [3.63, 3.8) is 0 Å². The molecule has 45 heavy (non-hydrogen) atoms. The number of carbonyl (C=O) groups excluding carboxylic acids is 2. The Morgan fingerprint density at radius 3 is 2.40 bits per heavy atom. The molecule has 2 aromatic rings. The number of aliphatic hydroxyl groups is 1. The lowest BCUT2D eigenvalue weighted by Gasteiger charge is -2.56. The van der Waals surface area contributed by atoms with Gasteiger partial charge in [0.1, 0.15) is 0 Å². The van der Waals surface area contributed by atoms with Crippen molar-refractivity contribution >= 4 is 11.9 Å². The molecule has 0 saturated carbocycles. The number of rotatable bonds is 14. The van der Waals surface area contributed by atoms with Gasteiger partial charge in [0, 0.05) is 51.7 Å². The predicted octanol–water partition coefficient (Wildman–Crippen LogP) is 5.38. The van der Waals surface area contributed by atoms with Gasteiger partial charge in [0.25, 0.3) is 11.5 Å². The minimum Gasteiger partial charge on any atom is -0.446 e. The third-order valence-electron chi connectivity index (χ3n) is 9.84. The zero-order chi connectivity index (χ0) is 32.5. The Hall–Kier alpha value is -3.01. The number of ether oxygens (including phenoxy) is 2. The van der Waals surface area contributed by atoms with E-state index in [9.17, 15) is 19.5 Å². The number of esters is 1. The van der Waals surface area contributed by atoms with Crippen LogP contribution in [0.5, 0.6) is 0 Å². The molecule has 4 rings (SSSR count). The summed E-state index contributed by atoms with van der Waals surface area (Å²) < 4.78 is 13.3. The zero-order valence-electron chi connectivity index (χ0n) is 27.7. The fourth-order valence-electron chi connectivity index (χ4n) is 6.96. The van der Waals surface area contributed by atoms with Crippen LogP contribution in [0.25, 0.3) is 11.1 Å². The first kappa shape index (κ1) is 34.9. The van der Waals surface area contributed by atoms with Crippen LogP contribution >= 0.6 is 0 Å². The maximum absolute atomic E-state index is 13.6. The average molecular weight is 624 g/mol. The first-order chi connectivity index (χ1) is 21.6. The third-order valence-corrected chi connectivity index (χ3v) is 9.84. The number of carbonyl (C=O) groups is 2. The van der Waals surface area contributed by atoms with E-state index in [0.29, 0.717) is 50.1 Å². The summed E-state index contributed by atoms with van der Waals surface area (Å²) in [6.45, 7) is 5.35. The number of amides is 1. The smallest absolute Gasteiger partial charge is 0.310 e. The van der Waals surface area contributed by atoms with Gasteiger partial charge in [0.2, 0.25) is 0 Å². The Morgan fingerprint density at radius 2 is 1.73 bits per heavy atom. The molecule has 3 heterocycles. The van der Waals surface area contributed by atoms with Crippen molar-refractivity contribution in [3.05, 3.63) is 58.5 Å². The van der Waals surface area contributed by atoms with Gasteiger partial charge in [0.05, 0.1) is 29.0 Å². The van der Waals surface area contributed by atoms with Crippen LogP contribution in [0, 0.1) is 11.3 Å². The van der Waals surface area contributed by atoms with Crippen LogP contribution in [0.15, 0.2) is 47.4 Å². The van der Waals surface area contributed by atoms with Crippen LogP contribution in [0.1, 0.15) is 94.8 Å². The predicted molar refractivity (Wildman–Crippen MR) is 176 cm³/mol. The van der Waals surface area contributed by atoms with Gasteiger partial charge < -0.3 is 24.0 Å². The van der Waals surface area contributed by atoms with Crippen LogP contribution in [-0.2, 0) is 20.8 Å². The molecule has 0 bridgehead atoms. The molecule has 248 valence electrons. The van der Waals surface area contributed by atoms with E-state index in [4.69, 9.17) is 9.47 Å². The molecule has 0 aliphatic carbocycles. The lowest BCUT2D eigenvalue weighted by Crippen LogP contribution is -2.68. The molecule has 3 atom stereocenters. The van der Waals surface area contributed by atoms with Crippen molar-refractivity contribution in [3.8, 4) is 11.1 Å².